The van der Waals surface area contributed by atoms with E-state index in [4.69, 9.17) is 0 Å². The van der Waals surface area contributed by atoms with Crippen molar-refractivity contribution in [2.75, 3.05) is 0 Å². The molecule has 0 fully saturated rings. The molecule has 0 saturated carbocycles. The minimum atomic E-state index is 0. The van der Waals surface area contributed by atoms with Gasteiger partial charge in [0.05, 0.1) is 0 Å². The van der Waals surface area contributed by atoms with Crippen molar-refractivity contribution in [2.24, 2.45) is 0 Å². The molecule has 0 aliphatic carbocycles. The van der Waals surface area contributed by atoms with Crippen LogP contribution in [0.3, 0.4) is 0 Å². The summed E-state index contributed by atoms with van der Waals surface area (Å²) in [5.41, 5.74) is 0. The Hall–Kier alpha value is 5.87. The van der Waals surface area contributed by atoms with Gasteiger partial charge in [-0.2, -0.15) is 0 Å². The fourth-order valence-electron chi connectivity index (χ4n) is 0. The monoisotopic (exact) mass is 494 g/mol. The van der Waals surface area contributed by atoms with Crippen molar-refractivity contribution >= 4 is 82.5 Å². The molecule has 36 valence electrons. The molecule has 9 heavy (non-hydrogen) atoms. The quantitative estimate of drug-likeness (QED) is 0.300. The first-order valence-corrected chi connectivity index (χ1v) is 0. The molecule has 0 heterocycles. The average molecular weight is 494 g/mol. The third-order valence-corrected chi connectivity index (χ3v) is 0. The molecule has 0 amide bonds. The van der Waals surface area contributed by atoms with Gasteiger partial charge < -0.3 is 5.48 Å². The summed E-state index contributed by atoms with van der Waals surface area (Å²) >= 11 is 0. The van der Waals surface area contributed by atoms with Gasteiger partial charge in [0, 0.05) is 39.0 Å². The Labute approximate surface area is 181 Å². The van der Waals surface area contributed by atoms with E-state index in [1.54, 1.807) is 0 Å². The Balaban J connectivity index is 0. The van der Waals surface area contributed by atoms with Crippen molar-refractivity contribution in [1.29, 1.82) is 0 Å². The fourth-order valence-corrected chi connectivity index (χ4v) is 0. The first kappa shape index (κ1) is 83.0. The van der Waals surface area contributed by atoms with Crippen molar-refractivity contribution in [3.63, 3.8) is 0 Å². The van der Waals surface area contributed by atoms with E-state index in [9.17, 15) is 0 Å². The van der Waals surface area contributed by atoms with Gasteiger partial charge in [-0.05, 0) is 0 Å². The second-order valence-electron chi connectivity index (χ2n) is 0. The van der Waals surface area contributed by atoms with Crippen LogP contribution >= 0.6 is 0 Å². The molecule has 4 radical (unpaired) electrons. The third kappa shape index (κ3) is 56.7. The number of hydrogen-bond donors (Lipinski definition) is 0. The third-order valence-electron chi connectivity index (χ3n) is 0. The van der Waals surface area contributed by atoms with E-state index in [1.807, 2.05) is 0 Å². The standard InChI is InChI=1S/2Al.2Na.O.2Sn.2Zn.10H/q;;2*+1;-2;;;;;;;;;;;;;;. The van der Waals surface area contributed by atoms with Gasteiger partial charge in [0.1, 0.15) is 0 Å². The van der Waals surface area contributed by atoms with Gasteiger partial charge in [-0.15, -0.1) is 0 Å². The Bertz CT molecular complexity index is 20.5. The molecule has 0 aliphatic rings. The first-order valence-electron chi connectivity index (χ1n) is 0. The topological polar surface area (TPSA) is 28.5 Å². The SMILES string of the molecule is [AlH3].[AlH3].[Na+].[Na+].[O-2].[SnH2].[SnH2].[Zn].[Zn]. The largest absolute Gasteiger partial charge is 0 e. The molecule has 0 aromatic heterocycles. The van der Waals surface area contributed by atoms with Crippen LogP contribution < -0.4 is 59.1 Å². The zero-order chi connectivity index (χ0) is 0. The molecule has 0 saturated heterocycles. The summed E-state index contributed by atoms with van der Waals surface area (Å²) in [4.78, 5) is 0. The van der Waals surface area contributed by atoms with Crippen LogP contribution in [0.5, 0.6) is 0 Å². The van der Waals surface area contributed by atoms with E-state index < -0.39 is 0 Å². The molecule has 0 aromatic rings. The predicted octanol–water partition coefficient (Wildman–Crippen LogP) is -10.3. The normalized spacial score (nSPS) is 0. The molecule has 9 heteroatoms. The van der Waals surface area contributed by atoms with E-state index in [2.05, 4.69) is 0 Å². The van der Waals surface area contributed by atoms with Gasteiger partial charge >= 0.3 is 107 Å². The van der Waals surface area contributed by atoms with E-state index in [-0.39, 0.29) is 186 Å². The first-order chi connectivity index (χ1) is 0. The number of rotatable bonds is 0. The summed E-state index contributed by atoms with van der Waals surface area (Å²) in [6.07, 6.45) is 0. The molecule has 0 N–H and O–H groups in total. The molecule has 0 unspecified atom stereocenters. The van der Waals surface area contributed by atoms with E-state index >= 15 is 0 Å². The molecular weight excluding hydrogens is 484 g/mol. The van der Waals surface area contributed by atoms with Crippen molar-refractivity contribution in [2.45, 2.75) is 0 Å². The zero-order valence-electron chi connectivity index (χ0n) is 5.24. The number of hydrogen-bond acceptors (Lipinski definition) is 0. The van der Waals surface area contributed by atoms with Gasteiger partial charge in [-0.1, -0.05) is 0 Å². The molecule has 0 rings (SSSR count). The smallest absolute Gasteiger partial charge is 0 e. The van der Waals surface area contributed by atoms with Crippen LogP contribution in [0, 0.1) is 0 Å². The van der Waals surface area contributed by atoms with Crippen LogP contribution in [0.25, 0.3) is 0 Å². The summed E-state index contributed by atoms with van der Waals surface area (Å²) in [6.45, 7) is 0. The molecule has 0 aromatic carbocycles. The average Bonchev–Trinajstić information content (AvgIpc) is 0. The summed E-state index contributed by atoms with van der Waals surface area (Å²) in [5, 5.41) is 0. The van der Waals surface area contributed by atoms with E-state index in [0.717, 1.165) is 0 Å². The zero-order valence-corrected chi connectivity index (χ0v) is 23.2. The Kier molecular flexibility index (Phi) is 615. The Morgan fingerprint density at radius 2 is 0.556 bits per heavy atom. The van der Waals surface area contributed by atoms with Crippen molar-refractivity contribution < 1.29 is 104 Å². The summed E-state index contributed by atoms with van der Waals surface area (Å²) in [5.74, 6) is 0. The van der Waals surface area contributed by atoms with Crippen molar-refractivity contribution in [1.82, 2.24) is 0 Å². The second kappa shape index (κ2) is 66.7. The molecule has 0 atom stereocenters. The summed E-state index contributed by atoms with van der Waals surface area (Å²) < 4.78 is 0. The Morgan fingerprint density at radius 3 is 0.556 bits per heavy atom. The minimum Gasteiger partial charge on any atom is 0 e. The fraction of sp³-hybridized carbons (Fsp3) is 0. The maximum absolute atomic E-state index is 0. The minimum absolute atomic E-state index is 0. The predicted molar refractivity (Wildman–Crippen MR) is 37.7 cm³/mol. The Morgan fingerprint density at radius 1 is 0.556 bits per heavy atom. The summed E-state index contributed by atoms with van der Waals surface area (Å²) in [7, 11) is 0. The van der Waals surface area contributed by atoms with E-state index in [1.165, 1.54) is 0 Å². The summed E-state index contributed by atoms with van der Waals surface area (Å²) in [6, 6.07) is 0. The van der Waals surface area contributed by atoms with Crippen LogP contribution in [-0.2, 0) is 44.4 Å². The molecule has 1 nitrogen and oxygen atoms in total. The van der Waals surface area contributed by atoms with E-state index in [0.29, 0.717) is 0 Å². The van der Waals surface area contributed by atoms with Crippen LogP contribution in [-0.4, -0.2) is 82.5 Å². The van der Waals surface area contributed by atoms with Crippen LogP contribution in [0.2, 0.25) is 0 Å². The van der Waals surface area contributed by atoms with Gasteiger partial charge in [0.25, 0.3) is 0 Å². The van der Waals surface area contributed by atoms with Gasteiger partial charge in [-0.3, -0.25) is 0 Å². The molecular formula is H10Al2Na2OSn2Zn2. The van der Waals surface area contributed by atoms with Gasteiger partial charge in [0.2, 0.25) is 0 Å². The maximum Gasteiger partial charge on any atom is 0 e. The van der Waals surface area contributed by atoms with Crippen LogP contribution in [0.4, 0.5) is 0 Å². The maximum atomic E-state index is 0. The van der Waals surface area contributed by atoms with Crippen molar-refractivity contribution in [3.05, 3.63) is 0 Å². The van der Waals surface area contributed by atoms with Crippen LogP contribution in [0.1, 0.15) is 0 Å². The second-order valence-corrected chi connectivity index (χ2v) is 0. The van der Waals surface area contributed by atoms with Gasteiger partial charge in [-0.25, -0.2) is 0 Å². The van der Waals surface area contributed by atoms with Crippen molar-refractivity contribution in [3.8, 4) is 0 Å². The van der Waals surface area contributed by atoms with Crippen LogP contribution in [0.15, 0.2) is 0 Å². The molecule has 0 spiro atoms. The van der Waals surface area contributed by atoms with Gasteiger partial charge in [0.15, 0.2) is 34.7 Å². The molecule has 0 bridgehead atoms. The molecule has 0 aliphatic heterocycles.